The highest BCUT2D eigenvalue weighted by molar-refractivity contribution is 5.32. The van der Waals surface area contributed by atoms with Crippen LogP contribution in [0.3, 0.4) is 0 Å². The number of hydrogen-bond acceptors (Lipinski definition) is 3. The Balaban J connectivity index is 2.01. The van der Waals surface area contributed by atoms with Crippen LogP contribution >= 0.6 is 0 Å². The summed E-state index contributed by atoms with van der Waals surface area (Å²) in [5.74, 6) is 0.994. The monoisotopic (exact) mass is 178 g/mol. The number of aliphatic hydroxyl groups is 1. The molecule has 1 fully saturated rings. The molecule has 0 aliphatic heterocycles. The quantitative estimate of drug-likeness (QED) is 0.709. The minimum absolute atomic E-state index is 0.102. The number of nitrogen functional groups attached to an aromatic ring is 1. The zero-order valence-corrected chi connectivity index (χ0v) is 7.48. The summed E-state index contributed by atoms with van der Waals surface area (Å²) in [4.78, 5) is 3.93. The molecule has 2 rings (SSSR count). The highest BCUT2D eigenvalue weighted by Gasteiger charge is 2.28. The second-order valence-corrected chi connectivity index (χ2v) is 3.70. The van der Waals surface area contributed by atoms with E-state index in [0.717, 1.165) is 19.3 Å². The van der Waals surface area contributed by atoms with Gasteiger partial charge in [-0.05, 0) is 42.9 Å². The maximum Gasteiger partial charge on any atom is 0.123 e. The van der Waals surface area contributed by atoms with Gasteiger partial charge < -0.3 is 10.8 Å². The van der Waals surface area contributed by atoms with Crippen LogP contribution in [0.5, 0.6) is 0 Å². The fraction of sp³-hybridized carbons (Fsp3) is 0.500. The maximum absolute atomic E-state index is 9.39. The van der Waals surface area contributed by atoms with Crippen LogP contribution in [0.1, 0.15) is 18.4 Å². The second kappa shape index (κ2) is 3.34. The molecule has 0 spiro atoms. The molecule has 1 aliphatic rings. The van der Waals surface area contributed by atoms with E-state index in [-0.39, 0.29) is 6.10 Å². The molecule has 0 radical (unpaired) electrons. The van der Waals surface area contributed by atoms with Crippen molar-refractivity contribution in [2.24, 2.45) is 5.92 Å². The van der Waals surface area contributed by atoms with Gasteiger partial charge in [-0.15, -0.1) is 0 Å². The molecular formula is C10H14N2O. The van der Waals surface area contributed by atoms with E-state index in [1.807, 2.05) is 12.1 Å². The summed E-state index contributed by atoms with van der Waals surface area (Å²) < 4.78 is 0. The fourth-order valence-electron chi connectivity index (χ4n) is 1.71. The Labute approximate surface area is 77.6 Å². The van der Waals surface area contributed by atoms with E-state index in [4.69, 9.17) is 5.73 Å². The summed E-state index contributed by atoms with van der Waals surface area (Å²) in [6, 6.07) is 3.84. The standard InChI is InChI=1S/C10H14N2O/c11-10-6-7(3-4-12-10)5-8-1-2-9(8)13/h3-4,6,8-9,13H,1-2,5H2,(H2,11,12). The van der Waals surface area contributed by atoms with Gasteiger partial charge >= 0.3 is 0 Å². The van der Waals surface area contributed by atoms with Crippen LogP contribution < -0.4 is 5.73 Å². The molecule has 1 aromatic rings. The summed E-state index contributed by atoms with van der Waals surface area (Å²) in [6.45, 7) is 0. The van der Waals surface area contributed by atoms with Crippen molar-refractivity contribution in [1.29, 1.82) is 0 Å². The van der Waals surface area contributed by atoms with Gasteiger partial charge in [0.05, 0.1) is 6.10 Å². The lowest BCUT2D eigenvalue weighted by Crippen LogP contribution is -2.32. The first-order chi connectivity index (χ1) is 6.25. The van der Waals surface area contributed by atoms with Crippen LogP contribution in [0.2, 0.25) is 0 Å². The van der Waals surface area contributed by atoms with Crippen molar-refractivity contribution < 1.29 is 5.11 Å². The third-order valence-electron chi connectivity index (χ3n) is 2.72. The summed E-state index contributed by atoms with van der Waals surface area (Å²) in [5, 5.41) is 9.39. The van der Waals surface area contributed by atoms with Gasteiger partial charge in [0.25, 0.3) is 0 Å². The van der Waals surface area contributed by atoms with Crippen molar-refractivity contribution in [2.45, 2.75) is 25.4 Å². The Morgan fingerprint density at radius 1 is 1.54 bits per heavy atom. The summed E-state index contributed by atoms with van der Waals surface area (Å²) in [7, 11) is 0. The number of rotatable bonds is 2. The molecule has 3 heteroatoms. The summed E-state index contributed by atoms with van der Waals surface area (Å²) >= 11 is 0. The van der Waals surface area contributed by atoms with Gasteiger partial charge in [-0.1, -0.05) is 0 Å². The van der Waals surface area contributed by atoms with Crippen LogP contribution in [0, 0.1) is 5.92 Å². The van der Waals surface area contributed by atoms with Crippen molar-refractivity contribution in [3.05, 3.63) is 23.9 Å². The van der Waals surface area contributed by atoms with E-state index in [9.17, 15) is 5.11 Å². The highest BCUT2D eigenvalue weighted by atomic mass is 16.3. The number of pyridine rings is 1. The summed E-state index contributed by atoms with van der Waals surface area (Å²) in [6.07, 6.45) is 4.62. The minimum atomic E-state index is -0.102. The second-order valence-electron chi connectivity index (χ2n) is 3.70. The van der Waals surface area contributed by atoms with Gasteiger partial charge in [-0.3, -0.25) is 0 Å². The molecule has 0 saturated heterocycles. The molecule has 3 N–H and O–H groups in total. The van der Waals surface area contributed by atoms with E-state index in [1.165, 1.54) is 5.56 Å². The lowest BCUT2D eigenvalue weighted by molar-refractivity contribution is 0.0244. The first kappa shape index (κ1) is 8.51. The van der Waals surface area contributed by atoms with Crippen molar-refractivity contribution in [1.82, 2.24) is 4.98 Å². The number of nitrogens with zero attached hydrogens (tertiary/aromatic N) is 1. The molecule has 1 aliphatic carbocycles. The first-order valence-corrected chi connectivity index (χ1v) is 4.64. The number of aliphatic hydroxyl groups excluding tert-OH is 1. The third-order valence-corrected chi connectivity index (χ3v) is 2.72. The van der Waals surface area contributed by atoms with Crippen LogP contribution in [0.25, 0.3) is 0 Å². The molecule has 2 unspecified atom stereocenters. The molecule has 3 nitrogen and oxygen atoms in total. The van der Waals surface area contributed by atoms with Gasteiger partial charge in [-0.2, -0.15) is 0 Å². The number of anilines is 1. The van der Waals surface area contributed by atoms with E-state index in [2.05, 4.69) is 4.98 Å². The number of aromatic nitrogens is 1. The molecule has 2 atom stereocenters. The van der Waals surface area contributed by atoms with Gasteiger partial charge in [0, 0.05) is 6.20 Å². The highest BCUT2D eigenvalue weighted by Crippen LogP contribution is 2.30. The lowest BCUT2D eigenvalue weighted by Gasteiger charge is -2.32. The fourth-order valence-corrected chi connectivity index (χ4v) is 1.71. The predicted molar refractivity (Wildman–Crippen MR) is 51.1 cm³/mol. The van der Waals surface area contributed by atoms with Crippen molar-refractivity contribution in [3.8, 4) is 0 Å². The average Bonchev–Trinajstić information content (AvgIpc) is 2.12. The molecular weight excluding hydrogens is 164 g/mol. The normalized spacial score (nSPS) is 26.8. The molecule has 70 valence electrons. The predicted octanol–water partition coefficient (Wildman–Crippen LogP) is 0.977. The molecule has 1 saturated carbocycles. The van der Waals surface area contributed by atoms with Gasteiger partial charge in [0.2, 0.25) is 0 Å². The largest absolute Gasteiger partial charge is 0.393 e. The topological polar surface area (TPSA) is 59.1 Å². The van der Waals surface area contributed by atoms with Crippen LogP contribution in [0.15, 0.2) is 18.3 Å². The smallest absolute Gasteiger partial charge is 0.123 e. The third kappa shape index (κ3) is 1.80. The van der Waals surface area contributed by atoms with Crippen LogP contribution in [-0.2, 0) is 6.42 Å². The Morgan fingerprint density at radius 2 is 2.38 bits per heavy atom. The molecule has 1 heterocycles. The molecule has 13 heavy (non-hydrogen) atoms. The number of hydrogen-bond donors (Lipinski definition) is 2. The van der Waals surface area contributed by atoms with Crippen LogP contribution in [-0.4, -0.2) is 16.2 Å². The number of nitrogens with two attached hydrogens (primary N) is 1. The van der Waals surface area contributed by atoms with Crippen molar-refractivity contribution >= 4 is 5.82 Å². The first-order valence-electron chi connectivity index (χ1n) is 4.64. The van der Waals surface area contributed by atoms with Crippen molar-refractivity contribution in [2.75, 3.05) is 5.73 Å². The average molecular weight is 178 g/mol. The van der Waals surface area contributed by atoms with E-state index < -0.39 is 0 Å². The van der Waals surface area contributed by atoms with Crippen LogP contribution in [0.4, 0.5) is 5.82 Å². The zero-order valence-electron chi connectivity index (χ0n) is 7.48. The molecule has 1 aromatic heterocycles. The lowest BCUT2D eigenvalue weighted by atomic mass is 9.78. The van der Waals surface area contributed by atoms with E-state index in [1.54, 1.807) is 6.20 Å². The van der Waals surface area contributed by atoms with Gasteiger partial charge in [0.15, 0.2) is 0 Å². The SMILES string of the molecule is Nc1cc(CC2CCC2O)ccn1. The Bertz CT molecular complexity index is 301. The summed E-state index contributed by atoms with van der Waals surface area (Å²) in [5.41, 5.74) is 6.73. The van der Waals surface area contributed by atoms with E-state index in [0.29, 0.717) is 11.7 Å². The van der Waals surface area contributed by atoms with Gasteiger partial charge in [0.1, 0.15) is 5.82 Å². The van der Waals surface area contributed by atoms with Crippen molar-refractivity contribution in [3.63, 3.8) is 0 Å². The Hall–Kier alpha value is -1.09. The maximum atomic E-state index is 9.39. The Morgan fingerprint density at radius 3 is 2.92 bits per heavy atom. The minimum Gasteiger partial charge on any atom is -0.393 e. The Kier molecular flexibility index (Phi) is 2.19. The zero-order chi connectivity index (χ0) is 9.26. The van der Waals surface area contributed by atoms with Gasteiger partial charge in [-0.25, -0.2) is 4.98 Å². The molecule has 0 bridgehead atoms. The molecule has 0 aromatic carbocycles. The van der Waals surface area contributed by atoms with E-state index >= 15 is 0 Å². The molecule has 0 amide bonds.